The first-order valence-electron chi connectivity index (χ1n) is 6.97. The van der Waals surface area contributed by atoms with Gasteiger partial charge in [0, 0.05) is 11.3 Å². The van der Waals surface area contributed by atoms with Crippen LogP contribution in [0, 0.1) is 5.41 Å². The van der Waals surface area contributed by atoms with Gasteiger partial charge in [0.1, 0.15) is 0 Å². The molecule has 0 aromatic heterocycles. The lowest BCUT2D eigenvalue weighted by Crippen LogP contribution is -2.50. The molecule has 0 aromatic carbocycles. The minimum atomic E-state index is 0.366. The third kappa shape index (κ3) is 1.92. The quantitative estimate of drug-likeness (QED) is 0.687. The van der Waals surface area contributed by atoms with Gasteiger partial charge in [0.2, 0.25) is 0 Å². The maximum atomic E-state index is 3.91. The van der Waals surface area contributed by atoms with Gasteiger partial charge in [-0.25, -0.2) is 0 Å². The minimum Gasteiger partial charge on any atom is -0.297 e. The largest absolute Gasteiger partial charge is 0.297 e. The molecule has 16 heavy (non-hydrogen) atoms. The second-order valence-electron chi connectivity index (χ2n) is 7.00. The third-order valence-corrected chi connectivity index (χ3v) is 6.99. The Morgan fingerprint density at radius 3 is 2.00 bits per heavy atom. The van der Waals surface area contributed by atoms with Crippen molar-refractivity contribution in [2.75, 3.05) is 5.75 Å². The highest BCUT2D eigenvalue weighted by Crippen LogP contribution is 2.55. The van der Waals surface area contributed by atoms with E-state index in [0.29, 0.717) is 10.4 Å². The van der Waals surface area contributed by atoms with Crippen LogP contribution in [0.1, 0.15) is 65.2 Å². The van der Waals surface area contributed by atoms with E-state index in [0.717, 1.165) is 5.41 Å². The molecule has 0 atom stereocenters. The predicted octanol–water partition coefficient (Wildman–Crippen LogP) is 3.93. The molecule has 0 bridgehead atoms. The van der Waals surface area contributed by atoms with Crippen molar-refractivity contribution in [1.29, 1.82) is 0 Å². The van der Waals surface area contributed by atoms with Crippen LogP contribution < -0.4 is 5.32 Å². The Hall–Kier alpha value is 0.310. The number of hydrogen-bond donors (Lipinski definition) is 1. The lowest BCUT2D eigenvalue weighted by Gasteiger charge is -2.43. The molecule has 1 nitrogen and oxygen atoms in total. The molecule has 2 heteroatoms. The summed E-state index contributed by atoms with van der Waals surface area (Å²) in [5, 5.41) is 3.91. The molecule has 1 heterocycles. The van der Waals surface area contributed by atoms with Crippen molar-refractivity contribution in [2.24, 2.45) is 5.41 Å². The molecular formula is C14H25NS. The topological polar surface area (TPSA) is 12.0 Å². The molecule has 3 rings (SSSR count). The maximum Gasteiger partial charge on any atom is 0.0650 e. The molecule has 3 aliphatic rings. The average Bonchev–Trinajstić information content (AvgIpc) is 2.79. The summed E-state index contributed by atoms with van der Waals surface area (Å²) in [5.74, 6) is 1.29. The summed E-state index contributed by atoms with van der Waals surface area (Å²) >= 11 is 2.20. The molecular weight excluding hydrogens is 214 g/mol. The Balaban J connectivity index is 1.66. The van der Waals surface area contributed by atoms with Gasteiger partial charge in [0.15, 0.2) is 0 Å². The lowest BCUT2D eigenvalue weighted by molar-refractivity contribution is 0.147. The molecule has 2 spiro atoms. The van der Waals surface area contributed by atoms with Crippen LogP contribution in [0.2, 0.25) is 0 Å². The second kappa shape index (κ2) is 3.65. The normalized spacial score (nSPS) is 34.9. The van der Waals surface area contributed by atoms with Gasteiger partial charge in [-0.15, -0.1) is 11.8 Å². The van der Waals surface area contributed by atoms with E-state index in [1.165, 1.54) is 57.1 Å². The van der Waals surface area contributed by atoms with Crippen molar-refractivity contribution < 1.29 is 0 Å². The van der Waals surface area contributed by atoms with Crippen molar-refractivity contribution in [2.45, 2.75) is 75.6 Å². The summed E-state index contributed by atoms with van der Waals surface area (Å²) in [6.45, 7) is 4.71. The van der Waals surface area contributed by atoms with Gasteiger partial charge in [0.05, 0.1) is 4.87 Å². The number of rotatable bonds is 0. The molecule has 0 unspecified atom stereocenters. The number of nitrogens with one attached hydrogen (secondary N) is 1. The maximum absolute atomic E-state index is 3.91. The van der Waals surface area contributed by atoms with E-state index in [1.54, 1.807) is 0 Å². The fourth-order valence-corrected chi connectivity index (χ4v) is 5.64. The van der Waals surface area contributed by atoms with Crippen LogP contribution in [0.15, 0.2) is 0 Å². The zero-order valence-corrected chi connectivity index (χ0v) is 11.6. The van der Waals surface area contributed by atoms with Gasteiger partial charge >= 0.3 is 0 Å². The van der Waals surface area contributed by atoms with E-state index in [4.69, 9.17) is 0 Å². The van der Waals surface area contributed by atoms with E-state index in [9.17, 15) is 0 Å². The Labute approximate surface area is 104 Å². The molecule has 2 aliphatic carbocycles. The van der Waals surface area contributed by atoms with Gasteiger partial charge in [-0.3, -0.25) is 5.32 Å². The highest BCUT2D eigenvalue weighted by Gasteiger charge is 2.49. The molecule has 1 aliphatic heterocycles. The van der Waals surface area contributed by atoms with E-state index in [1.807, 2.05) is 0 Å². The average molecular weight is 239 g/mol. The van der Waals surface area contributed by atoms with Gasteiger partial charge in [-0.2, -0.15) is 0 Å². The molecule has 0 aromatic rings. The Morgan fingerprint density at radius 1 is 0.875 bits per heavy atom. The molecule has 0 radical (unpaired) electrons. The Morgan fingerprint density at radius 2 is 1.50 bits per heavy atom. The first kappa shape index (κ1) is 11.4. The molecule has 1 N–H and O–H groups in total. The third-order valence-electron chi connectivity index (χ3n) is 5.06. The molecule has 2 saturated carbocycles. The van der Waals surface area contributed by atoms with Gasteiger partial charge in [-0.1, -0.05) is 12.8 Å². The summed E-state index contributed by atoms with van der Waals surface area (Å²) in [6, 6.07) is 0. The molecule has 3 fully saturated rings. The fraction of sp³-hybridized carbons (Fsp3) is 1.00. The van der Waals surface area contributed by atoms with Crippen molar-refractivity contribution in [3.63, 3.8) is 0 Å². The highest BCUT2D eigenvalue weighted by atomic mass is 32.2. The van der Waals surface area contributed by atoms with Gasteiger partial charge in [0.25, 0.3) is 0 Å². The Kier molecular flexibility index (Phi) is 2.60. The van der Waals surface area contributed by atoms with Crippen LogP contribution in [0.4, 0.5) is 0 Å². The van der Waals surface area contributed by atoms with Crippen LogP contribution >= 0.6 is 11.8 Å². The standard InChI is InChI=1S/C14H25NS/c1-12(2)11-16-14(15-12)9-7-13(8-10-14)5-3-4-6-13/h15H,3-11H2,1-2H3. The van der Waals surface area contributed by atoms with Gasteiger partial charge in [-0.05, 0) is 57.8 Å². The second-order valence-corrected chi connectivity index (χ2v) is 8.36. The first-order chi connectivity index (χ1) is 7.54. The fourth-order valence-electron chi connectivity index (χ4n) is 4.09. The van der Waals surface area contributed by atoms with Crippen LogP contribution in [-0.2, 0) is 0 Å². The summed E-state index contributed by atoms with van der Waals surface area (Å²) < 4.78 is 0. The van der Waals surface area contributed by atoms with E-state index in [-0.39, 0.29) is 0 Å². The monoisotopic (exact) mass is 239 g/mol. The summed E-state index contributed by atoms with van der Waals surface area (Å²) in [4.78, 5) is 0.456. The SMILES string of the molecule is CC1(C)CSC2(CCC3(CCCC3)CC2)N1. The summed E-state index contributed by atoms with van der Waals surface area (Å²) in [5.41, 5.74) is 1.14. The molecule has 1 saturated heterocycles. The van der Waals surface area contributed by atoms with Crippen LogP contribution in [-0.4, -0.2) is 16.2 Å². The van der Waals surface area contributed by atoms with Gasteiger partial charge < -0.3 is 0 Å². The minimum absolute atomic E-state index is 0.366. The summed E-state index contributed by atoms with van der Waals surface area (Å²) in [6.07, 6.45) is 11.9. The first-order valence-corrected chi connectivity index (χ1v) is 7.95. The number of thioether (sulfide) groups is 1. The van der Waals surface area contributed by atoms with E-state index >= 15 is 0 Å². The summed E-state index contributed by atoms with van der Waals surface area (Å²) in [7, 11) is 0. The van der Waals surface area contributed by atoms with Crippen LogP contribution in [0.25, 0.3) is 0 Å². The van der Waals surface area contributed by atoms with Crippen LogP contribution in [0.3, 0.4) is 0 Å². The lowest BCUT2D eigenvalue weighted by atomic mass is 9.71. The van der Waals surface area contributed by atoms with Crippen molar-refractivity contribution in [1.82, 2.24) is 5.32 Å². The number of hydrogen-bond acceptors (Lipinski definition) is 2. The Bertz CT molecular complexity index is 268. The van der Waals surface area contributed by atoms with E-state index in [2.05, 4.69) is 30.9 Å². The predicted molar refractivity (Wildman–Crippen MR) is 71.8 cm³/mol. The molecule has 0 amide bonds. The van der Waals surface area contributed by atoms with Crippen molar-refractivity contribution in [3.05, 3.63) is 0 Å². The van der Waals surface area contributed by atoms with Crippen molar-refractivity contribution in [3.8, 4) is 0 Å². The highest BCUT2D eigenvalue weighted by molar-refractivity contribution is 8.00. The van der Waals surface area contributed by atoms with E-state index < -0.39 is 0 Å². The zero-order chi connectivity index (χ0) is 11.3. The zero-order valence-electron chi connectivity index (χ0n) is 10.8. The van der Waals surface area contributed by atoms with Crippen LogP contribution in [0.5, 0.6) is 0 Å². The van der Waals surface area contributed by atoms with Crippen molar-refractivity contribution >= 4 is 11.8 Å². The molecule has 92 valence electrons. The smallest absolute Gasteiger partial charge is 0.0650 e.